The highest BCUT2D eigenvalue weighted by atomic mass is 16.5. The van der Waals surface area contributed by atoms with Gasteiger partial charge in [0.15, 0.2) is 11.5 Å². The third-order valence-corrected chi connectivity index (χ3v) is 2.94. The van der Waals surface area contributed by atoms with E-state index < -0.39 is 12.0 Å². The summed E-state index contributed by atoms with van der Waals surface area (Å²) in [6.45, 7) is 5.82. The fourth-order valence-electron chi connectivity index (χ4n) is 1.96. The fourth-order valence-corrected chi connectivity index (χ4v) is 1.96. The normalized spacial score (nSPS) is 11.9. The van der Waals surface area contributed by atoms with Crippen molar-refractivity contribution in [3.05, 3.63) is 23.8 Å². The Bertz CT molecular complexity index is 527. The van der Waals surface area contributed by atoms with Crippen molar-refractivity contribution in [2.24, 2.45) is 5.92 Å². The standard InChI is InChI=1S/C16H23NO5/c1-10(2)9-22-15-12(6-5-7-14(15)21-4)8-13(16(19)20)17-11(3)18/h5-7,10,13H,8-9H2,1-4H3,(H,17,18)(H,19,20). The molecule has 0 saturated heterocycles. The maximum atomic E-state index is 11.3. The maximum absolute atomic E-state index is 11.3. The molecule has 0 fully saturated rings. The van der Waals surface area contributed by atoms with E-state index in [0.29, 0.717) is 29.6 Å². The molecule has 122 valence electrons. The topological polar surface area (TPSA) is 84.9 Å². The average Bonchev–Trinajstić information content (AvgIpc) is 2.44. The predicted octanol–water partition coefficient (Wildman–Crippen LogP) is 1.86. The Balaban J connectivity index is 3.05. The van der Waals surface area contributed by atoms with Gasteiger partial charge in [-0.05, 0) is 12.0 Å². The Labute approximate surface area is 130 Å². The van der Waals surface area contributed by atoms with E-state index in [9.17, 15) is 14.7 Å². The number of hydrogen-bond donors (Lipinski definition) is 2. The molecule has 0 aliphatic heterocycles. The minimum atomic E-state index is -1.09. The van der Waals surface area contributed by atoms with E-state index in [1.165, 1.54) is 14.0 Å². The summed E-state index contributed by atoms with van der Waals surface area (Å²) in [5.41, 5.74) is 0.682. The van der Waals surface area contributed by atoms with Gasteiger partial charge in [0.05, 0.1) is 13.7 Å². The summed E-state index contributed by atoms with van der Waals surface area (Å²) in [4.78, 5) is 22.4. The van der Waals surface area contributed by atoms with Gasteiger partial charge in [0.2, 0.25) is 5.91 Å². The zero-order chi connectivity index (χ0) is 16.7. The molecule has 0 saturated carbocycles. The first-order valence-electron chi connectivity index (χ1n) is 7.13. The van der Waals surface area contributed by atoms with Crippen molar-refractivity contribution in [1.82, 2.24) is 5.32 Å². The molecule has 0 heterocycles. The van der Waals surface area contributed by atoms with Crippen LogP contribution in [0.5, 0.6) is 11.5 Å². The molecule has 22 heavy (non-hydrogen) atoms. The molecule has 1 amide bonds. The van der Waals surface area contributed by atoms with E-state index in [-0.39, 0.29) is 12.3 Å². The second kappa shape index (κ2) is 8.26. The van der Waals surface area contributed by atoms with Gasteiger partial charge >= 0.3 is 5.97 Å². The molecule has 0 radical (unpaired) electrons. The Kier molecular flexibility index (Phi) is 6.69. The first kappa shape index (κ1) is 17.8. The second-order valence-corrected chi connectivity index (χ2v) is 5.45. The molecule has 1 unspecified atom stereocenters. The summed E-state index contributed by atoms with van der Waals surface area (Å²) >= 11 is 0. The summed E-state index contributed by atoms with van der Waals surface area (Å²) < 4.78 is 11.1. The molecule has 0 aliphatic carbocycles. The molecule has 1 aromatic rings. The summed E-state index contributed by atoms with van der Waals surface area (Å²) in [6.07, 6.45) is 0.125. The lowest BCUT2D eigenvalue weighted by molar-refractivity contribution is -0.141. The van der Waals surface area contributed by atoms with Crippen molar-refractivity contribution < 1.29 is 24.2 Å². The molecule has 0 bridgehead atoms. The molecule has 0 spiro atoms. The van der Waals surface area contributed by atoms with Crippen molar-refractivity contribution in [1.29, 1.82) is 0 Å². The number of para-hydroxylation sites is 1. The van der Waals surface area contributed by atoms with E-state index in [2.05, 4.69) is 5.32 Å². The summed E-state index contributed by atoms with van der Waals surface area (Å²) in [5.74, 6) is -0.0865. The van der Waals surface area contributed by atoms with Crippen LogP contribution >= 0.6 is 0 Å². The summed E-state index contributed by atoms with van der Waals surface area (Å²) in [5, 5.41) is 11.7. The third kappa shape index (κ3) is 5.27. The fraction of sp³-hybridized carbons (Fsp3) is 0.500. The van der Waals surface area contributed by atoms with Gasteiger partial charge in [-0.25, -0.2) is 4.79 Å². The zero-order valence-corrected chi connectivity index (χ0v) is 13.4. The summed E-state index contributed by atoms with van der Waals surface area (Å²) in [7, 11) is 1.53. The van der Waals surface area contributed by atoms with Crippen LogP contribution in [-0.4, -0.2) is 36.7 Å². The molecule has 6 heteroatoms. The monoisotopic (exact) mass is 309 g/mol. The van der Waals surface area contributed by atoms with E-state index in [1.807, 2.05) is 13.8 Å². The van der Waals surface area contributed by atoms with Gasteiger partial charge in [0.25, 0.3) is 0 Å². The Hall–Kier alpha value is -2.24. The van der Waals surface area contributed by atoms with Crippen molar-refractivity contribution in [2.75, 3.05) is 13.7 Å². The van der Waals surface area contributed by atoms with Crippen LogP contribution in [-0.2, 0) is 16.0 Å². The van der Waals surface area contributed by atoms with Crippen LogP contribution in [0.4, 0.5) is 0 Å². The molecular formula is C16H23NO5. The number of aliphatic carboxylic acids is 1. The van der Waals surface area contributed by atoms with Gasteiger partial charge < -0.3 is 19.9 Å². The molecule has 0 aromatic heterocycles. The van der Waals surface area contributed by atoms with Crippen molar-refractivity contribution in [3.63, 3.8) is 0 Å². The Morgan fingerprint density at radius 3 is 2.50 bits per heavy atom. The average molecular weight is 309 g/mol. The van der Waals surface area contributed by atoms with Crippen molar-refractivity contribution in [3.8, 4) is 11.5 Å². The molecule has 1 atom stereocenters. The third-order valence-electron chi connectivity index (χ3n) is 2.94. The van der Waals surface area contributed by atoms with Gasteiger partial charge in [-0.1, -0.05) is 26.0 Å². The largest absolute Gasteiger partial charge is 0.493 e. The van der Waals surface area contributed by atoms with Gasteiger partial charge in [0, 0.05) is 18.9 Å². The van der Waals surface area contributed by atoms with Crippen molar-refractivity contribution in [2.45, 2.75) is 33.2 Å². The number of methoxy groups -OCH3 is 1. The predicted molar refractivity (Wildman–Crippen MR) is 82.3 cm³/mol. The number of nitrogens with one attached hydrogen (secondary N) is 1. The number of carbonyl (C=O) groups is 2. The van der Waals surface area contributed by atoms with Crippen LogP contribution in [0.1, 0.15) is 26.3 Å². The zero-order valence-electron chi connectivity index (χ0n) is 13.4. The summed E-state index contributed by atoms with van der Waals surface area (Å²) in [6, 6.07) is 4.29. The van der Waals surface area contributed by atoms with Crippen LogP contribution in [0.15, 0.2) is 18.2 Å². The molecule has 2 N–H and O–H groups in total. The van der Waals surface area contributed by atoms with Crippen LogP contribution in [0.2, 0.25) is 0 Å². The van der Waals surface area contributed by atoms with E-state index >= 15 is 0 Å². The number of benzene rings is 1. The van der Waals surface area contributed by atoms with Crippen LogP contribution in [0.25, 0.3) is 0 Å². The first-order chi connectivity index (χ1) is 10.3. The number of carboxylic acid groups (broad SMARTS) is 1. The van der Waals surface area contributed by atoms with E-state index in [0.717, 1.165) is 0 Å². The van der Waals surface area contributed by atoms with Gasteiger partial charge in [-0.15, -0.1) is 0 Å². The quantitative estimate of drug-likeness (QED) is 0.765. The van der Waals surface area contributed by atoms with Crippen LogP contribution in [0, 0.1) is 5.92 Å². The number of carboxylic acids is 1. The lowest BCUT2D eigenvalue weighted by Gasteiger charge is -2.19. The first-order valence-corrected chi connectivity index (χ1v) is 7.13. The maximum Gasteiger partial charge on any atom is 0.326 e. The molecule has 1 aromatic carbocycles. The highest BCUT2D eigenvalue weighted by Crippen LogP contribution is 2.32. The van der Waals surface area contributed by atoms with Gasteiger partial charge in [-0.2, -0.15) is 0 Å². The van der Waals surface area contributed by atoms with Crippen LogP contribution in [0.3, 0.4) is 0 Å². The second-order valence-electron chi connectivity index (χ2n) is 5.45. The Morgan fingerprint density at radius 2 is 2.00 bits per heavy atom. The molecule has 0 aliphatic rings. The van der Waals surface area contributed by atoms with E-state index in [1.54, 1.807) is 18.2 Å². The smallest absolute Gasteiger partial charge is 0.326 e. The highest BCUT2D eigenvalue weighted by Gasteiger charge is 2.22. The number of carbonyl (C=O) groups excluding carboxylic acids is 1. The number of hydrogen-bond acceptors (Lipinski definition) is 4. The van der Waals surface area contributed by atoms with E-state index in [4.69, 9.17) is 9.47 Å². The lowest BCUT2D eigenvalue weighted by Crippen LogP contribution is -2.41. The number of amides is 1. The Morgan fingerprint density at radius 1 is 1.32 bits per heavy atom. The lowest BCUT2D eigenvalue weighted by atomic mass is 10.0. The van der Waals surface area contributed by atoms with Gasteiger partial charge in [-0.3, -0.25) is 4.79 Å². The van der Waals surface area contributed by atoms with Crippen LogP contribution < -0.4 is 14.8 Å². The SMILES string of the molecule is COc1cccc(CC(NC(C)=O)C(=O)O)c1OCC(C)C. The van der Waals surface area contributed by atoms with Crippen molar-refractivity contribution >= 4 is 11.9 Å². The molecular weight excluding hydrogens is 286 g/mol. The minimum Gasteiger partial charge on any atom is -0.493 e. The highest BCUT2D eigenvalue weighted by molar-refractivity contribution is 5.82. The minimum absolute atomic E-state index is 0.125. The number of rotatable bonds is 8. The number of ether oxygens (including phenoxy) is 2. The molecule has 1 rings (SSSR count). The van der Waals surface area contributed by atoms with Gasteiger partial charge in [0.1, 0.15) is 6.04 Å². The molecule has 6 nitrogen and oxygen atoms in total.